The molecule has 6 heteroatoms. The molecular weight excluding hydrogens is 419 g/mol. The van der Waals surface area contributed by atoms with Crippen LogP contribution in [0.3, 0.4) is 0 Å². The number of hydrogen-bond donors (Lipinski definition) is 1. The maximum Gasteiger partial charge on any atom is 0.255 e. The normalized spacial score (nSPS) is 10.3. The van der Waals surface area contributed by atoms with Gasteiger partial charge in [0, 0.05) is 9.13 Å². The van der Waals surface area contributed by atoms with Gasteiger partial charge in [0.25, 0.3) is 5.91 Å². The summed E-state index contributed by atoms with van der Waals surface area (Å²) in [7, 11) is 0. The number of benzene rings is 2. The average Bonchev–Trinajstić information content (AvgIpc) is 2.36. The summed E-state index contributed by atoms with van der Waals surface area (Å²) in [6.07, 6.45) is 0. The molecule has 2 nitrogen and oxygen atoms in total. The van der Waals surface area contributed by atoms with Crippen LogP contribution in [0.2, 0.25) is 15.1 Å². The smallest absolute Gasteiger partial charge is 0.255 e. The van der Waals surface area contributed by atoms with Crippen molar-refractivity contribution < 1.29 is 4.79 Å². The Kier molecular flexibility index (Phi) is 4.95. The number of hydrogen-bond acceptors (Lipinski definition) is 1. The molecule has 2 aromatic rings. The zero-order chi connectivity index (χ0) is 14.0. The van der Waals surface area contributed by atoms with Gasteiger partial charge in [0.2, 0.25) is 0 Å². The summed E-state index contributed by atoms with van der Waals surface area (Å²) >= 11 is 19.9. The summed E-state index contributed by atoms with van der Waals surface area (Å²) in [5, 5.41) is 3.72. The number of amides is 1. The highest BCUT2D eigenvalue weighted by Crippen LogP contribution is 2.32. The van der Waals surface area contributed by atoms with Gasteiger partial charge in [-0.3, -0.25) is 4.79 Å². The third-order valence-electron chi connectivity index (χ3n) is 2.36. The quantitative estimate of drug-likeness (QED) is 0.498. The second kappa shape index (κ2) is 6.31. The predicted molar refractivity (Wildman–Crippen MR) is 88.6 cm³/mol. The van der Waals surface area contributed by atoms with Crippen LogP contribution in [0.5, 0.6) is 0 Å². The Labute approximate surface area is 139 Å². The van der Waals surface area contributed by atoms with Crippen LogP contribution in [0.1, 0.15) is 10.4 Å². The van der Waals surface area contributed by atoms with Gasteiger partial charge in [0.05, 0.1) is 20.8 Å². The molecule has 0 fully saturated rings. The fourth-order valence-corrected chi connectivity index (χ4v) is 2.37. The number of halogens is 4. The summed E-state index contributed by atoms with van der Waals surface area (Å²) in [6, 6.07) is 10.2. The van der Waals surface area contributed by atoms with E-state index >= 15 is 0 Å². The van der Waals surface area contributed by atoms with E-state index in [0.29, 0.717) is 26.3 Å². The largest absolute Gasteiger partial charge is 0.321 e. The molecule has 0 saturated carbocycles. The first-order valence-corrected chi connectivity index (χ1v) is 7.40. The molecular formula is C13H7Cl3INO. The molecule has 0 radical (unpaired) electrons. The summed E-state index contributed by atoms with van der Waals surface area (Å²) < 4.78 is 1.06. The lowest BCUT2D eigenvalue weighted by atomic mass is 10.2. The Morgan fingerprint density at radius 3 is 2.16 bits per heavy atom. The monoisotopic (exact) mass is 425 g/mol. The van der Waals surface area contributed by atoms with E-state index < -0.39 is 0 Å². The SMILES string of the molecule is O=C(Nc1cc(Cl)c(Cl)cc1Cl)c1ccc(I)cc1. The minimum atomic E-state index is -0.253. The molecule has 0 heterocycles. The van der Waals surface area contributed by atoms with Crippen LogP contribution >= 0.6 is 57.4 Å². The van der Waals surface area contributed by atoms with Crippen molar-refractivity contribution in [3.05, 3.63) is 60.6 Å². The fraction of sp³-hybridized carbons (Fsp3) is 0. The first-order valence-electron chi connectivity index (χ1n) is 5.19. The van der Waals surface area contributed by atoms with E-state index in [1.54, 1.807) is 12.1 Å². The average molecular weight is 426 g/mol. The van der Waals surface area contributed by atoms with Gasteiger partial charge < -0.3 is 5.32 Å². The molecule has 1 N–H and O–H groups in total. The summed E-state index contributed by atoms with van der Waals surface area (Å²) in [6.45, 7) is 0. The van der Waals surface area contributed by atoms with Gasteiger partial charge in [-0.15, -0.1) is 0 Å². The molecule has 2 rings (SSSR count). The van der Waals surface area contributed by atoms with Crippen LogP contribution in [-0.2, 0) is 0 Å². The zero-order valence-electron chi connectivity index (χ0n) is 9.38. The number of carbonyl (C=O) groups excluding carboxylic acids is 1. The summed E-state index contributed by atoms with van der Waals surface area (Å²) in [5.74, 6) is -0.253. The van der Waals surface area contributed by atoms with Crippen molar-refractivity contribution in [1.29, 1.82) is 0 Å². The van der Waals surface area contributed by atoms with Crippen LogP contribution in [-0.4, -0.2) is 5.91 Å². The van der Waals surface area contributed by atoms with Crippen LogP contribution in [0, 0.1) is 3.57 Å². The highest BCUT2D eigenvalue weighted by Gasteiger charge is 2.10. The Hall–Kier alpha value is -0.490. The predicted octanol–water partition coefficient (Wildman–Crippen LogP) is 5.50. The van der Waals surface area contributed by atoms with Crippen LogP contribution in [0.25, 0.3) is 0 Å². The first-order chi connectivity index (χ1) is 8.97. The molecule has 2 aromatic carbocycles. The fourth-order valence-electron chi connectivity index (χ4n) is 1.41. The van der Waals surface area contributed by atoms with Crippen LogP contribution in [0.4, 0.5) is 5.69 Å². The maximum atomic E-state index is 12.0. The maximum absolute atomic E-state index is 12.0. The molecule has 0 spiro atoms. The van der Waals surface area contributed by atoms with Gasteiger partial charge in [-0.1, -0.05) is 34.8 Å². The van der Waals surface area contributed by atoms with E-state index in [2.05, 4.69) is 27.9 Å². The van der Waals surface area contributed by atoms with Crippen molar-refractivity contribution in [1.82, 2.24) is 0 Å². The van der Waals surface area contributed by atoms with Crippen molar-refractivity contribution in [2.24, 2.45) is 0 Å². The molecule has 98 valence electrons. The zero-order valence-corrected chi connectivity index (χ0v) is 13.8. The van der Waals surface area contributed by atoms with Gasteiger partial charge in [0.1, 0.15) is 0 Å². The standard InChI is InChI=1S/C13H7Cl3INO/c14-9-5-11(16)12(6-10(9)15)18-13(19)7-1-3-8(17)4-2-7/h1-6H,(H,18,19). The third-order valence-corrected chi connectivity index (χ3v) is 4.12. The highest BCUT2D eigenvalue weighted by molar-refractivity contribution is 14.1. The summed E-state index contributed by atoms with van der Waals surface area (Å²) in [5.41, 5.74) is 0.974. The molecule has 19 heavy (non-hydrogen) atoms. The van der Waals surface area contributed by atoms with Crippen LogP contribution < -0.4 is 5.32 Å². The lowest BCUT2D eigenvalue weighted by Crippen LogP contribution is -2.12. The molecule has 0 aromatic heterocycles. The number of nitrogens with one attached hydrogen (secondary N) is 1. The number of rotatable bonds is 2. The van der Waals surface area contributed by atoms with Crippen molar-refractivity contribution in [3.8, 4) is 0 Å². The minimum Gasteiger partial charge on any atom is -0.321 e. The van der Waals surface area contributed by atoms with Crippen molar-refractivity contribution >= 4 is 69.0 Å². The Bertz CT molecular complexity index is 629. The van der Waals surface area contributed by atoms with Crippen LogP contribution in [0.15, 0.2) is 36.4 Å². The van der Waals surface area contributed by atoms with Gasteiger partial charge in [-0.2, -0.15) is 0 Å². The van der Waals surface area contributed by atoms with Crippen molar-refractivity contribution in [2.45, 2.75) is 0 Å². The van der Waals surface area contributed by atoms with E-state index in [-0.39, 0.29) is 5.91 Å². The van der Waals surface area contributed by atoms with Gasteiger partial charge in [-0.25, -0.2) is 0 Å². The number of anilines is 1. The van der Waals surface area contributed by atoms with E-state index in [4.69, 9.17) is 34.8 Å². The molecule has 0 aliphatic heterocycles. The molecule has 0 aliphatic rings. The second-order valence-corrected chi connectivity index (χ2v) is 6.17. The second-order valence-electron chi connectivity index (χ2n) is 3.71. The van der Waals surface area contributed by atoms with E-state index in [1.165, 1.54) is 12.1 Å². The van der Waals surface area contributed by atoms with E-state index in [1.807, 2.05) is 12.1 Å². The molecule has 0 atom stereocenters. The van der Waals surface area contributed by atoms with E-state index in [9.17, 15) is 4.79 Å². The van der Waals surface area contributed by atoms with Gasteiger partial charge in [-0.05, 0) is 59.0 Å². The van der Waals surface area contributed by atoms with E-state index in [0.717, 1.165) is 3.57 Å². The first kappa shape index (κ1) is 14.9. The lowest BCUT2D eigenvalue weighted by molar-refractivity contribution is 0.102. The van der Waals surface area contributed by atoms with Crippen molar-refractivity contribution in [2.75, 3.05) is 5.32 Å². The molecule has 0 aliphatic carbocycles. The highest BCUT2D eigenvalue weighted by atomic mass is 127. The Morgan fingerprint density at radius 1 is 0.947 bits per heavy atom. The number of carbonyl (C=O) groups is 1. The third kappa shape index (κ3) is 3.75. The Morgan fingerprint density at radius 2 is 1.53 bits per heavy atom. The molecule has 0 saturated heterocycles. The molecule has 1 amide bonds. The van der Waals surface area contributed by atoms with Gasteiger partial charge in [0.15, 0.2) is 0 Å². The van der Waals surface area contributed by atoms with Gasteiger partial charge >= 0.3 is 0 Å². The molecule has 0 unspecified atom stereocenters. The topological polar surface area (TPSA) is 29.1 Å². The minimum absolute atomic E-state index is 0.253. The Balaban J connectivity index is 2.24. The molecule has 0 bridgehead atoms. The lowest BCUT2D eigenvalue weighted by Gasteiger charge is -2.08. The summed E-state index contributed by atoms with van der Waals surface area (Å²) in [4.78, 5) is 12.0. The van der Waals surface area contributed by atoms with Crippen molar-refractivity contribution in [3.63, 3.8) is 0 Å².